The van der Waals surface area contributed by atoms with Crippen molar-refractivity contribution >= 4 is 6.09 Å². The Balaban J connectivity index is 1.48. The number of ether oxygens (including phenoxy) is 1. The molecule has 4 rings (SSSR count). The molecule has 1 unspecified atom stereocenters. The summed E-state index contributed by atoms with van der Waals surface area (Å²) < 4.78 is 5.60. The number of nitrogens with zero attached hydrogens (tertiary/aromatic N) is 1. The van der Waals surface area contributed by atoms with Gasteiger partial charge < -0.3 is 14.7 Å². The summed E-state index contributed by atoms with van der Waals surface area (Å²) >= 11 is 0. The summed E-state index contributed by atoms with van der Waals surface area (Å²) in [5, 5.41) is 10.4. The van der Waals surface area contributed by atoms with Crippen molar-refractivity contribution < 1.29 is 14.6 Å². The minimum absolute atomic E-state index is 0.208. The number of benzene rings is 1. The average molecular weight is 329 g/mol. The number of carbonyl (C=O) groups is 1. The summed E-state index contributed by atoms with van der Waals surface area (Å²) in [6.07, 6.45) is 3.79. The Bertz CT molecular complexity index is 590. The van der Waals surface area contributed by atoms with Crippen LogP contribution in [0.25, 0.3) is 0 Å². The quantitative estimate of drug-likeness (QED) is 0.904. The predicted molar refractivity (Wildman–Crippen MR) is 91.2 cm³/mol. The van der Waals surface area contributed by atoms with Gasteiger partial charge in [-0.15, -0.1) is 0 Å². The number of hydrogen-bond donors (Lipinski definition) is 1. The second-order valence-corrected chi connectivity index (χ2v) is 8.06. The van der Waals surface area contributed by atoms with Gasteiger partial charge in [0.15, 0.2) is 0 Å². The Labute approximate surface area is 143 Å². The monoisotopic (exact) mass is 329 g/mol. The predicted octanol–water partition coefficient (Wildman–Crippen LogP) is 3.44. The summed E-state index contributed by atoms with van der Waals surface area (Å²) in [5.74, 6) is 1.95. The first kappa shape index (κ1) is 15.9. The highest BCUT2D eigenvalue weighted by Gasteiger charge is 2.51. The number of piperidine rings is 1. The van der Waals surface area contributed by atoms with E-state index in [9.17, 15) is 9.90 Å². The van der Waals surface area contributed by atoms with Gasteiger partial charge in [-0.3, -0.25) is 0 Å². The molecule has 24 heavy (non-hydrogen) atoms. The van der Waals surface area contributed by atoms with E-state index in [0.717, 1.165) is 24.8 Å². The van der Waals surface area contributed by atoms with Crippen LogP contribution in [0.2, 0.25) is 0 Å². The molecule has 3 aliphatic rings. The molecule has 0 spiro atoms. The molecule has 0 radical (unpaired) electrons. The van der Waals surface area contributed by atoms with E-state index < -0.39 is 0 Å². The largest absolute Gasteiger partial charge is 0.445 e. The molecule has 4 nitrogen and oxygen atoms in total. The zero-order valence-corrected chi connectivity index (χ0v) is 14.3. The number of likely N-dealkylation sites (tertiary alicyclic amines) is 1. The van der Waals surface area contributed by atoms with Crippen molar-refractivity contribution in [3.8, 4) is 0 Å². The van der Waals surface area contributed by atoms with Crippen LogP contribution in [0.5, 0.6) is 0 Å². The van der Waals surface area contributed by atoms with Crippen molar-refractivity contribution in [3.05, 3.63) is 35.9 Å². The lowest BCUT2D eigenvalue weighted by molar-refractivity contribution is -0.0949. The molecule has 1 heterocycles. The van der Waals surface area contributed by atoms with Gasteiger partial charge in [-0.05, 0) is 49.0 Å². The molecule has 1 amide bonds. The zero-order chi connectivity index (χ0) is 16.7. The van der Waals surface area contributed by atoms with Crippen molar-refractivity contribution in [2.45, 2.75) is 51.4 Å². The van der Waals surface area contributed by atoms with Crippen molar-refractivity contribution in [3.63, 3.8) is 0 Å². The number of amides is 1. The zero-order valence-electron chi connectivity index (χ0n) is 14.3. The third kappa shape index (κ3) is 2.92. The van der Waals surface area contributed by atoms with Crippen molar-refractivity contribution in [2.24, 2.45) is 23.7 Å². The smallest absolute Gasteiger partial charge is 0.410 e. The molecule has 1 saturated heterocycles. The SMILES string of the molecule is C[C@@H]1C[C@H]2CC(O)[C@@H]3C[C@H]2[C@H](C1)N(C(=O)OCc1ccccc1)C3. The molecule has 2 bridgehead atoms. The molecule has 1 N–H and O–H groups in total. The van der Waals surface area contributed by atoms with Crippen LogP contribution in [-0.4, -0.2) is 34.8 Å². The van der Waals surface area contributed by atoms with E-state index in [4.69, 9.17) is 4.74 Å². The molecule has 6 atom stereocenters. The second kappa shape index (κ2) is 6.40. The number of hydrogen-bond acceptors (Lipinski definition) is 3. The van der Waals surface area contributed by atoms with Gasteiger partial charge in [0.1, 0.15) is 6.61 Å². The lowest BCUT2D eigenvalue weighted by Crippen LogP contribution is -2.60. The molecule has 2 aliphatic carbocycles. The first-order chi connectivity index (χ1) is 11.6. The van der Waals surface area contributed by atoms with Crippen molar-refractivity contribution in [1.29, 1.82) is 0 Å². The lowest BCUT2D eigenvalue weighted by atomic mass is 9.59. The highest BCUT2D eigenvalue weighted by molar-refractivity contribution is 5.68. The minimum atomic E-state index is -0.262. The molecule has 2 saturated carbocycles. The Hall–Kier alpha value is -1.55. The molecule has 130 valence electrons. The minimum Gasteiger partial charge on any atom is -0.445 e. The second-order valence-electron chi connectivity index (χ2n) is 8.06. The first-order valence-electron chi connectivity index (χ1n) is 9.27. The maximum Gasteiger partial charge on any atom is 0.410 e. The van der Waals surface area contributed by atoms with Crippen molar-refractivity contribution in [1.82, 2.24) is 4.90 Å². The number of carbonyl (C=O) groups excluding carboxylic acids is 1. The molecule has 1 aromatic carbocycles. The van der Waals surface area contributed by atoms with E-state index in [1.807, 2.05) is 35.2 Å². The first-order valence-corrected chi connectivity index (χ1v) is 9.27. The summed E-state index contributed by atoms with van der Waals surface area (Å²) in [4.78, 5) is 14.7. The maximum absolute atomic E-state index is 12.7. The molecular formula is C20H27NO3. The van der Waals surface area contributed by atoms with Gasteiger partial charge in [0.05, 0.1) is 6.10 Å². The molecule has 1 aliphatic heterocycles. The number of fused-ring (bicyclic) bond motifs is 1. The van der Waals surface area contributed by atoms with Crippen molar-refractivity contribution in [2.75, 3.05) is 6.54 Å². The van der Waals surface area contributed by atoms with Crippen LogP contribution in [0.3, 0.4) is 0 Å². The van der Waals surface area contributed by atoms with Crippen LogP contribution in [-0.2, 0) is 11.3 Å². The van der Waals surface area contributed by atoms with Gasteiger partial charge in [-0.25, -0.2) is 4.79 Å². The third-order valence-corrected chi connectivity index (χ3v) is 6.38. The van der Waals surface area contributed by atoms with Crippen LogP contribution in [0.4, 0.5) is 4.79 Å². The lowest BCUT2D eigenvalue weighted by Gasteiger charge is -2.55. The Morgan fingerprint density at radius 2 is 1.96 bits per heavy atom. The van der Waals surface area contributed by atoms with Gasteiger partial charge in [0.25, 0.3) is 0 Å². The van der Waals surface area contributed by atoms with Gasteiger partial charge in [0, 0.05) is 18.5 Å². The fraction of sp³-hybridized carbons (Fsp3) is 0.650. The van der Waals surface area contributed by atoms with Crippen LogP contribution in [0.15, 0.2) is 30.3 Å². The van der Waals surface area contributed by atoms with Crippen LogP contribution in [0.1, 0.15) is 38.2 Å². The number of aliphatic hydroxyl groups is 1. The molecular weight excluding hydrogens is 302 g/mol. The fourth-order valence-electron chi connectivity index (χ4n) is 5.27. The third-order valence-electron chi connectivity index (χ3n) is 6.38. The number of aliphatic hydroxyl groups excluding tert-OH is 1. The standard InChI is InChI=1S/C20H27NO3/c1-13-7-15-10-19(22)16-9-17(15)18(8-13)21(11-16)20(23)24-12-14-5-3-2-4-6-14/h2-6,13,15-19,22H,7-12H2,1H3/t13-,15+,16-,17-,18+,19?/m1/s1. The molecule has 1 aromatic rings. The average Bonchev–Trinajstić information content (AvgIpc) is 2.59. The highest BCUT2D eigenvalue weighted by Crippen LogP contribution is 2.49. The van der Waals surface area contributed by atoms with Crippen LogP contribution < -0.4 is 0 Å². The van der Waals surface area contributed by atoms with E-state index >= 15 is 0 Å². The van der Waals surface area contributed by atoms with E-state index in [0.29, 0.717) is 36.9 Å². The molecule has 3 fully saturated rings. The van der Waals surface area contributed by atoms with Crippen LogP contribution in [0, 0.1) is 23.7 Å². The van der Waals surface area contributed by atoms with Gasteiger partial charge in [0.2, 0.25) is 0 Å². The van der Waals surface area contributed by atoms with E-state index in [2.05, 4.69) is 6.92 Å². The van der Waals surface area contributed by atoms with E-state index in [-0.39, 0.29) is 18.1 Å². The van der Waals surface area contributed by atoms with E-state index in [1.54, 1.807) is 0 Å². The van der Waals surface area contributed by atoms with Gasteiger partial charge in [-0.2, -0.15) is 0 Å². The molecule has 0 aromatic heterocycles. The van der Waals surface area contributed by atoms with Gasteiger partial charge >= 0.3 is 6.09 Å². The molecule has 4 heteroatoms. The normalized spacial score (nSPS) is 37.8. The van der Waals surface area contributed by atoms with E-state index in [1.165, 1.54) is 6.42 Å². The summed E-state index contributed by atoms with van der Waals surface area (Å²) in [6.45, 7) is 3.24. The number of rotatable bonds is 2. The van der Waals surface area contributed by atoms with Gasteiger partial charge in [-0.1, -0.05) is 37.3 Å². The highest BCUT2D eigenvalue weighted by atomic mass is 16.6. The Morgan fingerprint density at radius 3 is 2.75 bits per heavy atom. The fourth-order valence-corrected chi connectivity index (χ4v) is 5.27. The van der Waals surface area contributed by atoms with Crippen LogP contribution >= 0.6 is 0 Å². The maximum atomic E-state index is 12.7. The topological polar surface area (TPSA) is 49.8 Å². The Kier molecular flexibility index (Phi) is 4.25. The Morgan fingerprint density at radius 1 is 1.17 bits per heavy atom. The summed E-state index contributed by atoms with van der Waals surface area (Å²) in [6, 6.07) is 10.1. The summed E-state index contributed by atoms with van der Waals surface area (Å²) in [7, 11) is 0. The summed E-state index contributed by atoms with van der Waals surface area (Å²) in [5.41, 5.74) is 1.01.